The van der Waals surface area contributed by atoms with Gasteiger partial charge in [0.05, 0.1) is 5.69 Å². The lowest BCUT2D eigenvalue weighted by Crippen LogP contribution is -1.92. The molecule has 0 fully saturated rings. The van der Waals surface area contributed by atoms with Gasteiger partial charge < -0.3 is 0 Å². The molecular formula is C13H7BrN4. The second-order valence-electron chi connectivity index (χ2n) is 3.49. The number of benzene rings is 2. The van der Waals surface area contributed by atoms with E-state index in [1.807, 2.05) is 30.3 Å². The normalized spacial score (nSPS) is 10.7. The number of rotatable bonds is 2. The van der Waals surface area contributed by atoms with Gasteiger partial charge in [0.2, 0.25) is 6.04 Å². The van der Waals surface area contributed by atoms with E-state index in [-0.39, 0.29) is 0 Å². The minimum Gasteiger partial charge on any atom is -0.195 e. The van der Waals surface area contributed by atoms with E-state index in [4.69, 9.17) is 10.5 Å². The average Bonchev–Trinajstić information content (AvgIpc) is 2.42. The van der Waals surface area contributed by atoms with Crippen molar-refractivity contribution in [3.63, 3.8) is 0 Å². The van der Waals surface area contributed by atoms with E-state index < -0.39 is 6.04 Å². The number of nitrogens with zero attached hydrogens (tertiary/aromatic N) is 4. The van der Waals surface area contributed by atoms with Crippen LogP contribution in [-0.2, 0) is 0 Å². The average molecular weight is 299 g/mol. The van der Waals surface area contributed by atoms with E-state index in [9.17, 15) is 0 Å². The summed E-state index contributed by atoms with van der Waals surface area (Å²) in [5, 5.41) is 26.9. The molecule has 0 bridgehead atoms. The van der Waals surface area contributed by atoms with Crippen molar-refractivity contribution in [2.24, 2.45) is 10.2 Å². The molecule has 0 amide bonds. The summed E-state index contributed by atoms with van der Waals surface area (Å²) >= 11 is 3.46. The zero-order valence-corrected chi connectivity index (χ0v) is 10.8. The molecule has 5 heteroatoms. The van der Waals surface area contributed by atoms with Crippen LogP contribution in [0.5, 0.6) is 0 Å². The summed E-state index contributed by atoms with van der Waals surface area (Å²) in [4.78, 5) is 0. The van der Waals surface area contributed by atoms with Crippen molar-refractivity contribution in [2.45, 2.75) is 6.04 Å². The molecule has 0 unspecified atom stereocenters. The van der Waals surface area contributed by atoms with Crippen molar-refractivity contribution in [1.29, 1.82) is 10.5 Å². The molecule has 0 atom stereocenters. The fourth-order valence-electron chi connectivity index (χ4n) is 1.53. The monoisotopic (exact) mass is 298 g/mol. The minimum atomic E-state index is -1.06. The Hall–Kier alpha value is -2.24. The standard InChI is InChI=1S/C13H7BrN4/c14-12-5-6-13(18-17-9(7-15)8-16)11-4-2-1-3-10(11)12/h1-6,9H. The molecular weight excluding hydrogens is 292 g/mol. The first-order valence-electron chi connectivity index (χ1n) is 5.13. The molecule has 2 aromatic carbocycles. The van der Waals surface area contributed by atoms with Crippen LogP contribution in [0.2, 0.25) is 0 Å². The lowest BCUT2D eigenvalue weighted by molar-refractivity contribution is 0.951. The van der Waals surface area contributed by atoms with Crippen LogP contribution in [0.3, 0.4) is 0 Å². The zero-order valence-electron chi connectivity index (χ0n) is 9.21. The van der Waals surface area contributed by atoms with Crippen LogP contribution in [0.4, 0.5) is 5.69 Å². The van der Waals surface area contributed by atoms with Gasteiger partial charge in [-0.05, 0) is 17.5 Å². The maximum atomic E-state index is 8.63. The number of fused-ring (bicyclic) bond motifs is 1. The van der Waals surface area contributed by atoms with Gasteiger partial charge in [-0.2, -0.15) is 20.8 Å². The highest BCUT2D eigenvalue weighted by Crippen LogP contribution is 2.31. The molecule has 0 saturated carbocycles. The number of azo groups is 1. The Morgan fingerprint density at radius 2 is 1.67 bits per heavy atom. The first-order valence-corrected chi connectivity index (χ1v) is 5.93. The number of halogens is 1. The Morgan fingerprint density at radius 3 is 2.33 bits per heavy atom. The van der Waals surface area contributed by atoms with E-state index in [0.29, 0.717) is 5.69 Å². The molecule has 0 saturated heterocycles. The molecule has 2 rings (SSSR count). The fraction of sp³-hybridized carbons (Fsp3) is 0.0769. The molecule has 86 valence electrons. The fourth-order valence-corrected chi connectivity index (χ4v) is 2.01. The van der Waals surface area contributed by atoms with Crippen molar-refractivity contribution in [3.05, 3.63) is 40.9 Å². The van der Waals surface area contributed by atoms with E-state index in [1.54, 1.807) is 18.2 Å². The van der Waals surface area contributed by atoms with Crippen LogP contribution < -0.4 is 0 Å². The van der Waals surface area contributed by atoms with Gasteiger partial charge in [-0.1, -0.05) is 40.2 Å². The highest BCUT2D eigenvalue weighted by Gasteiger charge is 2.05. The SMILES string of the molecule is N#CC(C#N)N=Nc1ccc(Br)c2ccccc12. The van der Waals surface area contributed by atoms with Crippen molar-refractivity contribution in [1.82, 2.24) is 0 Å². The molecule has 0 aromatic heterocycles. The third-order valence-corrected chi connectivity index (χ3v) is 3.06. The molecule has 0 spiro atoms. The van der Waals surface area contributed by atoms with Gasteiger partial charge in [0.1, 0.15) is 12.1 Å². The quantitative estimate of drug-likeness (QED) is 0.783. The first-order chi connectivity index (χ1) is 8.76. The number of nitriles is 2. The maximum Gasteiger partial charge on any atom is 0.242 e. The minimum absolute atomic E-state index is 0.643. The van der Waals surface area contributed by atoms with Gasteiger partial charge in [-0.15, -0.1) is 0 Å². The Balaban J connectivity index is 2.51. The van der Waals surface area contributed by atoms with Crippen LogP contribution >= 0.6 is 15.9 Å². The maximum absolute atomic E-state index is 8.63. The zero-order chi connectivity index (χ0) is 13.0. The molecule has 0 aliphatic rings. The summed E-state index contributed by atoms with van der Waals surface area (Å²) < 4.78 is 0.967. The molecule has 18 heavy (non-hydrogen) atoms. The van der Waals surface area contributed by atoms with Crippen LogP contribution in [0.1, 0.15) is 0 Å². The number of hydrogen-bond acceptors (Lipinski definition) is 4. The molecule has 4 nitrogen and oxygen atoms in total. The molecule has 0 heterocycles. The van der Waals surface area contributed by atoms with Gasteiger partial charge in [-0.25, -0.2) is 0 Å². The lowest BCUT2D eigenvalue weighted by atomic mass is 10.1. The summed E-state index contributed by atoms with van der Waals surface area (Å²) in [6.07, 6.45) is 0. The van der Waals surface area contributed by atoms with E-state index in [0.717, 1.165) is 15.2 Å². The van der Waals surface area contributed by atoms with Crippen molar-refractivity contribution >= 4 is 32.4 Å². The molecule has 0 aliphatic heterocycles. The highest BCUT2D eigenvalue weighted by molar-refractivity contribution is 9.10. The Bertz CT molecular complexity index is 680. The smallest absolute Gasteiger partial charge is 0.195 e. The van der Waals surface area contributed by atoms with E-state index in [2.05, 4.69) is 26.2 Å². The number of hydrogen-bond donors (Lipinski definition) is 0. The molecule has 0 N–H and O–H groups in total. The van der Waals surface area contributed by atoms with Gasteiger partial charge in [0.25, 0.3) is 0 Å². The topological polar surface area (TPSA) is 72.3 Å². The predicted octanol–water partition coefficient (Wildman–Crippen LogP) is 4.10. The first kappa shape index (κ1) is 12.2. The van der Waals surface area contributed by atoms with Gasteiger partial charge in [0.15, 0.2) is 0 Å². The van der Waals surface area contributed by atoms with Crippen molar-refractivity contribution in [2.75, 3.05) is 0 Å². The second-order valence-corrected chi connectivity index (χ2v) is 4.34. The molecule has 0 radical (unpaired) electrons. The van der Waals surface area contributed by atoms with Crippen LogP contribution in [0.25, 0.3) is 10.8 Å². The summed E-state index contributed by atoms with van der Waals surface area (Å²) in [5.41, 5.74) is 0.643. The highest BCUT2D eigenvalue weighted by atomic mass is 79.9. The van der Waals surface area contributed by atoms with Crippen molar-refractivity contribution in [3.8, 4) is 12.1 Å². The van der Waals surface area contributed by atoms with Gasteiger partial charge in [-0.3, -0.25) is 0 Å². The third-order valence-electron chi connectivity index (χ3n) is 2.37. The van der Waals surface area contributed by atoms with Gasteiger partial charge >= 0.3 is 0 Å². The Kier molecular flexibility index (Phi) is 3.66. The second kappa shape index (κ2) is 5.39. The largest absolute Gasteiger partial charge is 0.242 e. The summed E-state index contributed by atoms with van der Waals surface area (Å²) in [5.74, 6) is 0. The van der Waals surface area contributed by atoms with E-state index >= 15 is 0 Å². The van der Waals surface area contributed by atoms with Gasteiger partial charge in [0, 0.05) is 9.86 Å². The summed E-state index contributed by atoms with van der Waals surface area (Å²) in [6.45, 7) is 0. The van der Waals surface area contributed by atoms with Crippen molar-refractivity contribution < 1.29 is 0 Å². The lowest BCUT2D eigenvalue weighted by Gasteiger charge is -2.03. The summed E-state index contributed by atoms with van der Waals surface area (Å²) in [6, 6.07) is 13.8. The Morgan fingerprint density at radius 1 is 1.00 bits per heavy atom. The van der Waals surface area contributed by atoms with Crippen LogP contribution in [-0.4, -0.2) is 6.04 Å². The van der Waals surface area contributed by atoms with Crippen LogP contribution in [0, 0.1) is 22.7 Å². The van der Waals surface area contributed by atoms with E-state index in [1.165, 1.54) is 0 Å². The predicted molar refractivity (Wildman–Crippen MR) is 71.2 cm³/mol. The molecule has 0 aliphatic carbocycles. The molecule has 2 aromatic rings. The third kappa shape index (κ3) is 2.37. The summed E-state index contributed by atoms with van der Waals surface area (Å²) in [7, 11) is 0. The van der Waals surface area contributed by atoms with Crippen LogP contribution in [0.15, 0.2) is 51.1 Å². The Labute approximate surface area is 112 Å².